The van der Waals surface area contributed by atoms with E-state index >= 15 is 0 Å². The Morgan fingerprint density at radius 2 is 1.76 bits per heavy atom. The van der Waals surface area contributed by atoms with Gasteiger partial charge in [-0.3, -0.25) is 4.99 Å². The molecule has 2 rings (SSSR count). The van der Waals surface area contributed by atoms with Crippen LogP contribution in [0.25, 0.3) is 16.8 Å². The van der Waals surface area contributed by atoms with E-state index in [0.717, 1.165) is 33.8 Å². The topological polar surface area (TPSA) is 38.1 Å². The predicted molar refractivity (Wildman–Crippen MR) is 89.4 cm³/mol. The Kier molecular flexibility index (Phi) is 4.77. The zero-order chi connectivity index (χ0) is 15.2. The number of aliphatic imine (C=N–C) groups is 1. The van der Waals surface area contributed by atoms with E-state index in [1.165, 1.54) is 0 Å². The number of benzene rings is 1. The molecule has 0 atom stereocenters. The molecule has 1 aromatic heterocycles. The van der Waals surface area contributed by atoms with Gasteiger partial charge < -0.3 is 0 Å². The second-order valence-electron chi connectivity index (χ2n) is 4.86. The number of rotatable bonds is 4. The lowest BCUT2D eigenvalue weighted by Crippen LogP contribution is -1.90. The van der Waals surface area contributed by atoms with Crippen molar-refractivity contribution in [2.75, 3.05) is 7.05 Å². The van der Waals surface area contributed by atoms with E-state index in [0.29, 0.717) is 0 Å². The van der Waals surface area contributed by atoms with E-state index in [4.69, 9.17) is 0 Å². The summed E-state index contributed by atoms with van der Waals surface area (Å²) in [4.78, 5) is 4.09. The molecule has 0 bridgehead atoms. The molecule has 3 heteroatoms. The van der Waals surface area contributed by atoms with Crippen LogP contribution in [-0.2, 0) is 0 Å². The molecule has 0 aliphatic carbocycles. The van der Waals surface area contributed by atoms with E-state index in [2.05, 4.69) is 21.8 Å². The Hall–Kier alpha value is -2.55. The van der Waals surface area contributed by atoms with Crippen LogP contribution in [0.1, 0.15) is 18.2 Å². The fraction of sp³-hybridized carbons (Fsp3) is 0.167. The summed E-state index contributed by atoms with van der Waals surface area (Å²) in [6.07, 6.45) is 3.94. The molecule has 0 N–H and O–H groups in total. The van der Waals surface area contributed by atoms with Crippen molar-refractivity contribution < 1.29 is 0 Å². The maximum atomic E-state index is 4.19. The Labute approximate surface area is 125 Å². The average molecular weight is 277 g/mol. The molecule has 106 valence electrons. The fourth-order valence-corrected chi connectivity index (χ4v) is 1.80. The van der Waals surface area contributed by atoms with E-state index in [1.807, 2.05) is 62.4 Å². The van der Waals surface area contributed by atoms with Gasteiger partial charge in [0, 0.05) is 18.3 Å². The Bertz CT molecular complexity index is 677. The zero-order valence-electron chi connectivity index (χ0n) is 12.7. The molecular weight excluding hydrogens is 258 g/mol. The predicted octanol–water partition coefficient (Wildman–Crippen LogP) is 4.11. The smallest absolute Gasteiger partial charge is 0.0929 e. The number of allylic oxidation sites excluding steroid dienone is 3. The first-order valence-electron chi connectivity index (χ1n) is 6.81. The molecular formula is C18H19N3. The van der Waals surface area contributed by atoms with E-state index in [9.17, 15) is 0 Å². The highest BCUT2D eigenvalue weighted by Gasteiger charge is 2.01. The van der Waals surface area contributed by atoms with Crippen molar-refractivity contribution >= 4 is 11.3 Å². The minimum absolute atomic E-state index is 0.877. The van der Waals surface area contributed by atoms with Gasteiger partial charge in [-0.1, -0.05) is 36.9 Å². The molecule has 0 spiro atoms. The average Bonchev–Trinajstić information content (AvgIpc) is 2.53. The first-order chi connectivity index (χ1) is 10.1. The van der Waals surface area contributed by atoms with Gasteiger partial charge in [-0.15, -0.1) is 0 Å². The van der Waals surface area contributed by atoms with Crippen LogP contribution < -0.4 is 0 Å². The quantitative estimate of drug-likeness (QED) is 0.623. The fourth-order valence-electron chi connectivity index (χ4n) is 1.80. The monoisotopic (exact) mass is 277 g/mol. The van der Waals surface area contributed by atoms with Crippen molar-refractivity contribution in [3.05, 3.63) is 66.4 Å². The van der Waals surface area contributed by atoms with Gasteiger partial charge in [0.15, 0.2) is 0 Å². The summed E-state index contributed by atoms with van der Waals surface area (Å²) in [7, 11) is 1.78. The second-order valence-corrected chi connectivity index (χ2v) is 4.86. The van der Waals surface area contributed by atoms with Crippen LogP contribution in [0.5, 0.6) is 0 Å². The van der Waals surface area contributed by atoms with Crippen molar-refractivity contribution in [1.29, 1.82) is 0 Å². The molecule has 0 amide bonds. The molecule has 0 fully saturated rings. The zero-order valence-corrected chi connectivity index (χ0v) is 12.7. The Morgan fingerprint density at radius 1 is 1.05 bits per heavy atom. The third-order valence-electron chi connectivity index (χ3n) is 3.23. The maximum Gasteiger partial charge on any atom is 0.0929 e. The molecule has 2 aromatic rings. The summed E-state index contributed by atoms with van der Waals surface area (Å²) >= 11 is 0. The summed E-state index contributed by atoms with van der Waals surface area (Å²) in [5.41, 5.74) is 5.86. The highest BCUT2D eigenvalue weighted by atomic mass is 15.1. The summed E-state index contributed by atoms with van der Waals surface area (Å²) in [5.74, 6) is 0. The van der Waals surface area contributed by atoms with Gasteiger partial charge in [0.1, 0.15) is 0 Å². The van der Waals surface area contributed by atoms with Crippen molar-refractivity contribution in [2.24, 2.45) is 4.99 Å². The molecule has 1 aromatic carbocycles. The highest BCUT2D eigenvalue weighted by molar-refractivity contribution is 5.95. The lowest BCUT2D eigenvalue weighted by Gasteiger charge is -2.04. The molecule has 0 saturated heterocycles. The lowest BCUT2D eigenvalue weighted by molar-refractivity contribution is 0.987. The minimum Gasteiger partial charge on any atom is -0.293 e. The van der Waals surface area contributed by atoms with Gasteiger partial charge in [-0.25, -0.2) is 0 Å². The van der Waals surface area contributed by atoms with Gasteiger partial charge in [-0.2, -0.15) is 10.2 Å². The van der Waals surface area contributed by atoms with Crippen LogP contribution >= 0.6 is 0 Å². The van der Waals surface area contributed by atoms with Crippen LogP contribution in [0.3, 0.4) is 0 Å². The number of hydrogen-bond donors (Lipinski definition) is 0. The first-order valence-corrected chi connectivity index (χ1v) is 6.81. The van der Waals surface area contributed by atoms with Gasteiger partial charge >= 0.3 is 0 Å². The molecule has 1 heterocycles. The van der Waals surface area contributed by atoms with Crippen LogP contribution in [-0.4, -0.2) is 23.0 Å². The van der Waals surface area contributed by atoms with Crippen molar-refractivity contribution in [3.8, 4) is 11.3 Å². The number of aromatic nitrogens is 2. The van der Waals surface area contributed by atoms with Crippen molar-refractivity contribution in [2.45, 2.75) is 13.8 Å². The molecule has 0 radical (unpaired) electrons. The summed E-state index contributed by atoms with van der Waals surface area (Å²) < 4.78 is 0. The molecule has 0 unspecified atom stereocenters. The largest absolute Gasteiger partial charge is 0.293 e. The summed E-state index contributed by atoms with van der Waals surface area (Å²) in [5, 5.41) is 8.27. The lowest BCUT2D eigenvalue weighted by atomic mass is 10.0. The summed E-state index contributed by atoms with van der Waals surface area (Å²) in [6, 6.07) is 12.1. The van der Waals surface area contributed by atoms with Gasteiger partial charge in [0.05, 0.1) is 11.4 Å². The van der Waals surface area contributed by atoms with E-state index < -0.39 is 0 Å². The number of hydrogen-bond acceptors (Lipinski definition) is 3. The maximum absolute atomic E-state index is 4.19. The van der Waals surface area contributed by atoms with Crippen molar-refractivity contribution in [1.82, 2.24) is 10.2 Å². The van der Waals surface area contributed by atoms with Gasteiger partial charge in [0.2, 0.25) is 0 Å². The minimum atomic E-state index is 0.877. The Balaban J connectivity index is 2.17. The number of aryl methyl sites for hydroxylation is 1. The first kappa shape index (κ1) is 14.9. The Morgan fingerprint density at radius 3 is 2.33 bits per heavy atom. The van der Waals surface area contributed by atoms with E-state index in [-0.39, 0.29) is 0 Å². The molecule has 0 aliphatic rings. The third-order valence-corrected chi connectivity index (χ3v) is 3.23. The highest BCUT2D eigenvalue weighted by Crippen LogP contribution is 2.20. The molecule has 0 saturated carbocycles. The molecule has 21 heavy (non-hydrogen) atoms. The second kappa shape index (κ2) is 6.75. The van der Waals surface area contributed by atoms with Gasteiger partial charge in [-0.05, 0) is 43.2 Å². The standard InChI is InChI=1S/C18H19N3/c1-13(5-6-14(2)19-4)16-8-10-17(11-9-16)18-12-7-15(3)20-21-18/h5-12H,1H2,2-4H3/b6-5-,19-14?. The van der Waals surface area contributed by atoms with Crippen molar-refractivity contribution in [3.63, 3.8) is 0 Å². The number of nitrogens with zero attached hydrogens (tertiary/aromatic N) is 3. The van der Waals surface area contributed by atoms with E-state index in [1.54, 1.807) is 7.05 Å². The molecule has 0 aliphatic heterocycles. The van der Waals surface area contributed by atoms with Gasteiger partial charge in [0.25, 0.3) is 0 Å². The van der Waals surface area contributed by atoms with Crippen LogP contribution in [0.15, 0.2) is 60.1 Å². The molecule has 3 nitrogen and oxygen atoms in total. The SMILES string of the molecule is C=C(/C=C\C(C)=NC)c1ccc(-c2ccc(C)nn2)cc1. The van der Waals surface area contributed by atoms with Crippen LogP contribution in [0.4, 0.5) is 0 Å². The van der Waals surface area contributed by atoms with Crippen LogP contribution in [0.2, 0.25) is 0 Å². The normalized spacial score (nSPS) is 11.9. The summed E-state index contributed by atoms with van der Waals surface area (Å²) in [6.45, 7) is 7.97. The third kappa shape index (κ3) is 3.96. The van der Waals surface area contributed by atoms with Crippen LogP contribution in [0, 0.1) is 6.92 Å².